The predicted molar refractivity (Wildman–Crippen MR) is 115 cm³/mol. The second-order valence-corrected chi connectivity index (χ2v) is 7.17. The standard InChI is InChI=1S/C24H22N2O4/c1-15-8-7-9-17(14-15)25-23(27)18-10-3-4-11-19(18)26-24(28)22-16(2)29-20-12-5-6-13-21(20)30-22/h3-14,16,22H,1-2H3,(H,25,27)(H,26,28). The van der Waals surface area contributed by atoms with Crippen molar-refractivity contribution in [1.29, 1.82) is 0 Å². The summed E-state index contributed by atoms with van der Waals surface area (Å²) in [6, 6.07) is 21.6. The van der Waals surface area contributed by atoms with Crippen molar-refractivity contribution in [3.8, 4) is 11.5 Å². The van der Waals surface area contributed by atoms with Crippen LogP contribution in [0.5, 0.6) is 11.5 Å². The summed E-state index contributed by atoms with van der Waals surface area (Å²) in [5, 5.41) is 5.68. The summed E-state index contributed by atoms with van der Waals surface area (Å²) in [4.78, 5) is 25.7. The van der Waals surface area contributed by atoms with Crippen molar-refractivity contribution in [3.05, 3.63) is 83.9 Å². The molecule has 0 radical (unpaired) electrons. The Hall–Kier alpha value is -3.80. The van der Waals surface area contributed by atoms with Gasteiger partial charge in [0.2, 0.25) is 6.10 Å². The van der Waals surface area contributed by atoms with Crippen molar-refractivity contribution in [2.24, 2.45) is 0 Å². The highest BCUT2D eigenvalue weighted by Gasteiger charge is 2.34. The number of anilines is 2. The number of fused-ring (bicyclic) bond motifs is 1. The van der Waals surface area contributed by atoms with Crippen LogP contribution in [0, 0.1) is 6.92 Å². The van der Waals surface area contributed by atoms with Gasteiger partial charge in [0.1, 0.15) is 6.10 Å². The van der Waals surface area contributed by atoms with Crippen molar-refractivity contribution >= 4 is 23.2 Å². The molecule has 0 aromatic heterocycles. The summed E-state index contributed by atoms with van der Waals surface area (Å²) in [6.45, 7) is 3.73. The van der Waals surface area contributed by atoms with Gasteiger partial charge < -0.3 is 20.1 Å². The highest BCUT2D eigenvalue weighted by Crippen LogP contribution is 2.33. The summed E-state index contributed by atoms with van der Waals surface area (Å²) in [7, 11) is 0. The smallest absolute Gasteiger partial charge is 0.269 e. The van der Waals surface area contributed by atoms with Crippen LogP contribution in [0.2, 0.25) is 0 Å². The summed E-state index contributed by atoms with van der Waals surface area (Å²) in [5.74, 6) is 0.428. The van der Waals surface area contributed by atoms with E-state index in [1.54, 1.807) is 43.3 Å². The molecule has 1 heterocycles. The van der Waals surface area contributed by atoms with Crippen LogP contribution in [-0.4, -0.2) is 24.0 Å². The van der Waals surface area contributed by atoms with E-state index in [0.717, 1.165) is 5.56 Å². The van der Waals surface area contributed by atoms with Crippen LogP contribution in [0.25, 0.3) is 0 Å². The van der Waals surface area contributed by atoms with E-state index < -0.39 is 12.2 Å². The van der Waals surface area contributed by atoms with E-state index in [9.17, 15) is 9.59 Å². The van der Waals surface area contributed by atoms with Crippen molar-refractivity contribution in [2.75, 3.05) is 10.6 Å². The number of rotatable bonds is 4. The molecular weight excluding hydrogens is 380 g/mol. The molecule has 0 saturated heterocycles. The monoisotopic (exact) mass is 402 g/mol. The molecule has 3 aromatic carbocycles. The average molecular weight is 402 g/mol. The number of amides is 2. The quantitative estimate of drug-likeness (QED) is 0.678. The van der Waals surface area contributed by atoms with Crippen LogP contribution in [0.1, 0.15) is 22.8 Å². The van der Waals surface area contributed by atoms with E-state index in [2.05, 4.69) is 10.6 Å². The van der Waals surface area contributed by atoms with Crippen LogP contribution < -0.4 is 20.1 Å². The fraction of sp³-hybridized carbons (Fsp3) is 0.167. The molecule has 6 heteroatoms. The van der Waals surface area contributed by atoms with E-state index in [0.29, 0.717) is 28.4 Å². The first-order valence-electron chi connectivity index (χ1n) is 9.71. The van der Waals surface area contributed by atoms with Crippen LogP contribution in [0.4, 0.5) is 11.4 Å². The maximum Gasteiger partial charge on any atom is 0.269 e. The van der Waals surface area contributed by atoms with Crippen LogP contribution in [-0.2, 0) is 4.79 Å². The number of carbonyl (C=O) groups excluding carboxylic acids is 2. The Balaban J connectivity index is 1.51. The zero-order valence-electron chi connectivity index (χ0n) is 16.7. The first-order chi connectivity index (χ1) is 14.5. The second-order valence-electron chi connectivity index (χ2n) is 7.17. The number of nitrogens with one attached hydrogen (secondary N) is 2. The Morgan fingerprint density at radius 3 is 2.30 bits per heavy atom. The normalized spacial score (nSPS) is 17.1. The molecule has 0 spiro atoms. The van der Waals surface area contributed by atoms with Crippen molar-refractivity contribution in [3.63, 3.8) is 0 Å². The van der Waals surface area contributed by atoms with Crippen LogP contribution in [0.3, 0.4) is 0 Å². The van der Waals surface area contributed by atoms with Gasteiger partial charge in [0.25, 0.3) is 11.8 Å². The van der Waals surface area contributed by atoms with Gasteiger partial charge >= 0.3 is 0 Å². The molecule has 30 heavy (non-hydrogen) atoms. The zero-order valence-corrected chi connectivity index (χ0v) is 16.7. The Morgan fingerprint density at radius 1 is 0.833 bits per heavy atom. The molecule has 0 aliphatic carbocycles. The van der Waals surface area contributed by atoms with Gasteiger partial charge in [0, 0.05) is 5.69 Å². The van der Waals surface area contributed by atoms with Gasteiger partial charge in [-0.3, -0.25) is 9.59 Å². The van der Waals surface area contributed by atoms with Gasteiger partial charge in [-0.25, -0.2) is 0 Å². The third kappa shape index (κ3) is 4.12. The van der Waals surface area contributed by atoms with Gasteiger partial charge in [0.15, 0.2) is 11.5 Å². The topological polar surface area (TPSA) is 76.7 Å². The van der Waals surface area contributed by atoms with Gasteiger partial charge in [-0.2, -0.15) is 0 Å². The summed E-state index contributed by atoms with van der Waals surface area (Å²) in [6.07, 6.45) is -1.32. The SMILES string of the molecule is Cc1cccc(NC(=O)c2ccccc2NC(=O)C2Oc3ccccc3OC2C)c1. The summed E-state index contributed by atoms with van der Waals surface area (Å²) < 4.78 is 11.7. The lowest BCUT2D eigenvalue weighted by Gasteiger charge is -2.31. The van der Waals surface area contributed by atoms with E-state index in [4.69, 9.17) is 9.47 Å². The Bertz CT molecular complexity index is 1100. The fourth-order valence-corrected chi connectivity index (χ4v) is 3.32. The fourth-order valence-electron chi connectivity index (χ4n) is 3.32. The molecule has 152 valence electrons. The average Bonchev–Trinajstić information content (AvgIpc) is 2.73. The summed E-state index contributed by atoms with van der Waals surface area (Å²) >= 11 is 0. The molecule has 4 rings (SSSR count). The lowest BCUT2D eigenvalue weighted by molar-refractivity contribution is -0.128. The number of benzene rings is 3. The lowest BCUT2D eigenvalue weighted by Crippen LogP contribution is -2.46. The first-order valence-corrected chi connectivity index (χ1v) is 9.71. The zero-order chi connectivity index (χ0) is 21.1. The van der Waals surface area contributed by atoms with Gasteiger partial charge in [-0.1, -0.05) is 36.4 Å². The minimum absolute atomic E-state index is 0.310. The highest BCUT2D eigenvalue weighted by atomic mass is 16.6. The van der Waals surface area contributed by atoms with Gasteiger partial charge in [-0.05, 0) is 55.8 Å². The van der Waals surface area contributed by atoms with Crippen molar-refractivity contribution in [1.82, 2.24) is 0 Å². The highest BCUT2D eigenvalue weighted by molar-refractivity contribution is 6.10. The third-order valence-electron chi connectivity index (χ3n) is 4.81. The maximum absolute atomic E-state index is 12.9. The molecule has 2 N–H and O–H groups in total. The molecule has 1 aliphatic rings. The van der Waals surface area contributed by atoms with Gasteiger partial charge in [0.05, 0.1) is 11.3 Å². The third-order valence-corrected chi connectivity index (χ3v) is 4.81. The molecule has 3 aromatic rings. The molecule has 2 amide bonds. The first kappa shape index (κ1) is 19.5. The maximum atomic E-state index is 12.9. The van der Waals surface area contributed by atoms with E-state index in [-0.39, 0.29) is 11.8 Å². The molecule has 2 atom stereocenters. The number of hydrogen-bond donors (Lipinski definition) is 2. The number of aryl methyl sites for hydroxylation is 1. The molecule has 0 fully saturated rings. The van der Waals surface area contributed by atoms with E-state index in [1.165, 1.54) is 0 Å². The van der Waals surface area contributed by atoms with Crippen molar-refractivity contribution < 1.29 is 19.1 Å². The number of carbonyl (C=O) groups is 2. The summed E-state index contributed by atoms with van der Waals surface area (Å²) in [5.41, 5.74) is 2.49. The molecule has 1 aliphatic heterocycles. The number of para-hydroxylation sites is 3. The van der Waals surface area contributed by atoms with E-state index in [1.807, 2.05) is 43.3 Å². The lowest BCUT2D eigenvalue weighted by atomic mass is 10.1. The van der Waals surface area contributed by atoms with Crippen LogP contribution in [0.15, 0.2) is 72.8 Å². The number of hydrogen-bond acceptors (Lipinski definition) is 4. The van der Waals surface area contributed by atoms with Crippen molar-refractivity contribution in [2.45, 2.75) is 26.1 Å². The molecule has 0 saturated carbocycles. The predicted octanol–water partition coefficient (Wildman–Crippen LogP) is 4.41. The van der Waals surface area contributed by atoms with Gasteiger partial charge in [-0.15, -0.1) is 0 Å². The molecule has 6 nitrogen and oxygen atoms in total. The Labute approximate surface area is 174 Å². The molecular formula is C24H22N2O4. The second kappa shape index (κ2) is 8.29. The molecule has 2 unspecified atom stereocenters. The number of ether oxygens (including phenoxy) is 2. The minimum atomic E-state index is -0.840. The Morgan fingerprint density at radius 2 is 1.53 bits per heavy atom. The minimum Gasteiger partial charge on any atom is -0.482 e. The largest absolute Gasteiger partial charge is 0.482 e. The Kier molecular flexibility index (Phi) is 5.39. The van der Waals surface area contributed by atoms with Crippen LogP contribution >= 0.6 is 0 Å². The van der Waals surface area contributed by atoms with E-state index >= 15 is 0 Å². The molecule has 0 bridgehead atoms.